The highest BCUT2D eigenvalue weighted by Gasteiger charge is 2.28. The van der Waals surface area contributed by atoms with Gasteiger partial charge in [0, 0.05) is 0 Å². The predicted octanol–water partition coefficient (Wildman–Crippen LogP) is 1.10. The summed E-state index contributed by atoms with van der Waals surface area (Å²) in [6, 6.07) is 9.45. The van der Waals surface area contributed by atoms with Crippen LogP contribution in [0.3, 0.4) is 0 Å². The Hall–Kier alpha value is -2.60. The zero-order valence-electron chi connectivity index (χ0n) is 9.87. The van der Waals surface area contributed by atoms with Gasteiger partial charge in [-0.15, -0.1) is 0 Å². The Morgan fingerprint density at radius 2 is 1.95 bits per heavy atom. The van der Waals surface area contributed by atoms with Crippen molar-refractivity contribution in [2.75, 3.05) is 0 Å². The number of carbonyl (C=O) groups is 2. The maximum absolute atomic E-state index is 11.9. The molecule has 6 heteroatoms. The van der Waals surface area contributed by atoms with E-state index in [4.69, 9.17) is 10.3 Å². The van der Waals surface area contributed by atoms with Crippen LogP contribution in [0.4, 0.5) is 0 Å². The van der Waals surface area contributed by atoms with Crippen LogP contribution in [0.15, 0.2) is 47.1 Å². The van der Waals surface area contributed by atoms with Gasteiger partial charge in [0.1, 0.15) is 11.7 Å². The Kier molecular flexibility index (Phi) is 3.63. The number of nitrogens with one attached hydrogen (secondary N) is 1. The highest BCUT2D eigenvalue weighted by molar-refractivity contribution is 5.94. The van der Waals surface area contributed by atoms with Crippen LogP contribution < -0.4 is 11.3 Å². The summed E-state index contributed by atoms with van der Waals surface area (Å²) in [6.07, 6.45) is 1.41. The lowest BCUT2D eigenvalue weighted by Crippen LogP contribution is -2.35. The van der Waals surface area contributed by atoms with Crippen LogP contribution in [0.2, 0.25) is 0 Å². The van der Waals surface area contributed by atoms with E-state index >= 15 is 0 Å². The Balaban J connectivity index is 2.57. The quantitative estimate of drug-likeness (QED) is 0.433. The van der Waals surface area contributed by atoms with Crippen molar-refractivity contribution in [3.05, 3.63) is 59.5 Å². The van der Waals surface area contributed by atoms with E-state index in [2.05, 4.69) is 0 Å². The molecule has 19 heavy (non-hydrogen) atoms. The van der Waals surface area contributed by atoms with E-state index in [1.165, 1.54) is 12.3 Å². The second-order valence-electron chi connectivity index (χ2n) is 3.85. The average molecular weight is 260 g/mol. The van der Waals surface area contributed by atoms with E-state index in [9.17, 15) is 14.7 Å². The molecule has 98 valence electrons. The van der Waals surface area contributed by atoms with Gasteiger partial charge >= 0.3 is 5.97 Å². The summed E-state index contributed by atoms with van der Waals surface area (Å²) in [5.41, 5.74) is 2.39. The highest BCUT2D eigenvalue weighted by atomic mass is 16.4. The minimum absolute atomic E-state index is 0.0347. The van der Waals surface area contributed by atoms with Crippen molar-refractivity contribution < 1.29 is 19.1 Å². The number of benzene rings is 1. The molecule has 1 aromatic carbocycles. The summed E-state index contributed by atoms with van der Waals surface area (Å²) in [6.45, 7) is 0. The van der Waals surface area contributed by atoms with Gasteiger partial charge in [0.25, 0.3) is 0 Å². The van der Waals surface area contributed by atoms with Crippen LogP contribution >= 0.6 is 0 Å². The number of nitrogens with two attached hydrogens (primary N) is 1. The molecule has 0 unspecified atom stereocenters. The van der Waals surface area contributed by atoms with Crippen molar-refractivity contribution in [3.8, 4) is 0 Å². The number of hydrogen-bond acceptors (Lipinski definition) is 4. The van der Waals surface area contributed by atoms with Gasteiger partial charge in [-0.2, -0.15) is 0 Å². The monoisotopic (exact) mass is 260 g/mol. The SMILES string of the molecule is NNC(=O)[C@@H](c1ccco1)c1ccccc1C(=O)O. The molecule has 0 fully saturated rings. The molecule has 0 saturated carbocycles. The maximum atomic E-state index is 11.9. The minimum atomic E-state index is -1.11. The first kappa shape index (κ1) is 12.8. The molecular weight excluding hydrogens is 248 g/mol. The Morgan fingerprint density at radius 3 is 2.53 bits per heavy atom. The molecule has 2 aromatic rings. The third-order valence-corrected chi connectivity index (χ3v) is 2.73. The van der Waals surface area contributed by atoms with E-state index in [0.717, 1.165) is 0 Å². The van der Waals surface area contributed by atoms with E-state index in [-0.39, 0.29) is 5.56 Å². The van der Waals surface area contributed by atoms with Crippen molar-refractivity contribution in [2.45, 2.75) is 5.92 Å². The molecule has 4 N–H and O–H groups in total. The fourth-order valence-corrected chi connectivity index (χ4v) is 1.91. The molecule has 0 saturated heterocycles. The van der Waals surface area contributed by atoms with E-state index in [1.54, 1.807) is 30.3 Å². The molecule has 1 amide bonds. The van der Waals surface area contributed by atoms with Gasteiger partial charge in [-0.1, -0.05) is 18.2 Å². The number of carbonyl (C=O) groups excluding carboxylic acids is 1. The van der Waals surface area contributed by atoms with Crippen molar-refractivity contribution in [2.24, 2.45) is 5.84 Å². The number of amides is 1. The Morgan fingerprint density at radius 1 is 1.21 bits per heavy atom. The summed E-state index contributed by atoms with van der Waals surface area (Å²) < 4.78 is 5.20. The van der Waals surface area contributed by atoms with Crippen LogP contribution in [0.25, 0.3) is 0 Å². The molecule has 2 rings (SSSR count). The first-order valence-corrected chi connectivity index (χ1v) is 5.51. The second kappa shape index (κ2) is 5.36. The summed E-state index contributed by atoms with van der Waals surface area (Å²) in [5.74, 6) is 2.94. The third-order valence-electron chi connectivity index (χ3n) is 2.73. The smallest absolute Gasteiger partial charge is 0.336 e. The van der Waals surface area contributed by atoms with Gasteiger partial charge < -0.3 is 9.52 Å². The molecule has 1 heterocycles. The van der Waals surface area contributed by atoms with E-state index in [1.807, 2.05) is 5.43 Å². The zero-order chi connectivity index (χ0) is 13.8. The second-order valence-corrected chi connectivity index (χ2v) is 3.85. The van der Waals surface area contributed by atoms with Crippen molar-refractivity contribution in [1.82, 2.24) is 5.43 Å². The van der Waals surface area contributed by atoms with Crippen molar-refractivity contribution in [1.29, 1.82) is 0 Å². The molecule has 0 aliphatic heterocycles. The fraction of sp³-hybridized carbons (Fsp3) is 0.0769. The standard InChI is InChI=1S/C13H12N2O4/c14-15-12(16)11(10-6-3-7-19-10)8-4-1-2-5-9(8)13(17)18/h1-7,11H,14H2,(H,15,16)(H,17,18)/t11-/m1/s1. The lowest BCUT2D eigenvalue weighted by atomic mass is 9.91. The summed E-state index contributed by atoms with van der Waals surface area (Å²) in [7, 11) is 0. The maximum Gasteiger partial charge on any atom is 0.336 e. The molecule has 0 spiro atoms. The summed E-state index contributed by atoms with van der Waals surface area (Å²) in [4.78, 5) is 23.1. The Bertz CT molecular complexity index is 592. The molecular formula is C13H12N2O4. The van der Waals surface area contributed by atoms with Crippen LogP contribution in [0, 0.1) is 0 Å². The predicted molar refractivity (Wildman–Crippen MR) is 66.3 cm³/mol. The lowest BCUT2D eigenvalue weighted by molar-refractivity contribution is -0.122. The largest absolute Gasteiger partial charge is 0.478 e. The molecule has 0 aliphatic carbocycles. The molecule has 0 radical (unpaired) electrons. The van der Waals surface area contributed by atoms with Gasteiger partial charge in [0.15, 0.2) is 0 Å². The minimum Gasteiger partial charge on any atom is -0.478 e. The molecule has 1 aromatic heterocycles. The number of rotatable bonds is 4. The lowest BCUT2D eigenvalue weighted by Gasteiger charge is -2.15. The topological polar surface area (TPSA) is 106 Å². The molecule has 0 aliphatic rings. The summed E-state index contributed by atoms with van der Waals surface area (Å²) >= 11 is 0. The third kappa shape index (κ3) is 2.48. The van der Waals surface area contributed by atoms with E-state index < -0.39 is 17.8 Å². The number of carboxylic acids is 1. The number of carboxylic acid groups (broad SMARTS) is 1. The number of aromatic carboxylic acids is 1. The molecule has 0 bridgehead atoms. The van der Waals surface area contributed by atoms with Crippen LogP contribution in [0.5, 0.6) is 0 Å². The Labute approximate surface area is 108 Å². The van der Waals surface area contributed by atoms with Gasteiger partial charge in [-0.25, -0.2) is 10.6 Å². The van der Waals surface area contributed by atoms with Gasteiger partial charge in [-0.3, -0.25) is 10.2 Å². The highest BCUT2D eigenvalue weighted by Crippen LogP contribution is 2.28. The zero-order valence-corrected chi connectivity index (χ0v) is 9.87. The summed E-state index contributed by atoms with van der Waals surface area (Å²) in [5, 5.41) is 9.17. The molecule has 1 atom stereocenters. The van der Waals surface area contributed by atoms with Gasteiger partial charge in [-0.05, 0) is 23.8 Å². The van der Waals surface area contributed by atoms with Gasteiger partial charge in [0.2, 0.25) is 5.91 Å². The first-order chi connectivity index (χ1) is 9.15. The normalized spacial score (nSPS) is 11.8. The molecule has 6 nitrogen and oxygen atoms in total. The average Bonchev–Trinajstić information content (AvgIpc) is 2.93. The first-order valence-electron chi connectivity index (χ1n) is 5.51. The number of hydrogen-bond donors (Lipinski definition) is 3. The van der Waals surface area contributed by atoms with Crippen LogP contribution in [-0.2, 0) is 4.79 Å². The number of hydrazine groups is 1. The van der Waals surface area contributed by atoms with Crippen molar-refractivity contribution >= 4 is 11.9 Å². The number of furan rings is 1. The fourth-order valence-electron chi connectivity index (χ4n) is 1.91. The van der Waals surface area contributed by atoms with E-state index in [0.29, 0.717) is 11.3 Å². The van der Waals surface area contributed by atoms with Crippen LogP contribution in [0.1, 0.15) is 27.6 Å². The van der Waals surface area contributed by atoms with Crippen molar-refractivity contribution in [3.63, 3.8) is 0 Å². The van der Waals surface area contributed by atoms with Gasteiger partial charge in [0.05, 0.1) is 11.8 Å². The van der Waals surface area contributed by atoms with Crippen LogP contribution in [-0.4, -0.2) is 17.0 Å².